The fraction of sp³-hybridized carbons (Fsp3) is 0.667. The summed E-state index contributed by atoms with van der Waals surface area (Å²) in [7, 11) is 0. The predicted molar refractivity (Wildman–Crippen MR) is 51.0 cm³/mol. The molecular weight excluding hydrogens is 166 g/mol. The molecule has 0 aliphatic carbocycles. The molecule has 0 aromatic rings. The topological polar surface area (TPSA) is 58.4 Å². The Kier molecular flexibility index (Phi) is 3.59. The third kappa shape index (κ3) is 3.34. The van der Waals surface area contributed by atoms with Crippen molar-refractivity contribution in [2.24, 2.45) is 5.73 Å². The molecule has 1 heterocycles. The normalized spacial score (nSPS) is 22.1. The van der Waals surface area contributed by atoms with Gasteiger partial charge in [-0.3, -0.25) is 4.90 Å². The largest absolute Gasteiger partial charge is 0.352 e. The Bertz CT molecular complexity index is 241. The minimum Gasteiger partial charge on any atom is -0.352 e. The number of hydrogen-bond acceptors (Lipinski definition) is 2. The van der Waals surface area contributed by atoms with E-state index in [2.05, 4.69) is 22.1 Å². The van der Waals surface area contributed by atoms with Crippen LogP contribution >= 0.6 is 0 Å². The van der Waals surface area contributed by atoms with E-state index < -0.39 is 6.03 Å². The van der Waals surface area contributed by atoms with Crippen LogP contribution in [0.5, 0.6) is 0 Å². The van der Waals surface area contributed by atoms with Crippen molar-refractivity contribution in [3.63, 3.8) is 0 Å². The second kappa shape index (κ2) is 4.73. The van der Waals surface area contributed by atoms with Crippen LogP contribution in [0.1, 0.15) is 13.3 Å². The number of carbonyl (C=O) groups excluding carboxylic acids is 1. The first-order chi connectivity index (χ1) is 6.22. The number of likely N-dealkylation sites (tertiary alicyclic amines) is 1. The smallest absolute Gasteiger partial charge is 0.312 e. The van der Waals surface area contributed by atoms with Gasteiger partial charge < -0.3 is 11.1 Å². The quantitative estimate of drug-likeness (QED) is 0.577. The van der Waals surface area contributed by atoms with Gasteiger partial charge in [0.2, 0.25) is 0 Å². The fourth-order valence-electron chi connectivity index (χ4n) is 1.49. The van der Waals surface area contributed by atoms with Crippen molar-refractivity contribution < 1.29 is 4.79 Å². The zero-order valence-corrected chi connectivity index (χ0v) is 7.84. The molecule has 72 valence electrons. The molecule has 1 aliphatic rings. The van der Waals surface area contributed by atoms with Crippen LogP contribution < -0.4 is 11.1 Å². The number of primary amides is 1. The Morgan fingerprint density at radius 2 is 2.54 bits per heavy atom. The molecular formula is C9H15N3O. The van der Waals surface area contributed by atoms with E-state index in [4.69, 9.17) is 5.73 Å². The molecule has 0 saturated carbocycles. The number of urea groups is 1. The molecule has 3 N–H and O–H groups in total. The number of nitrogens with zero attached hydrogens (tertiary/aromatic N) is 1. The van der Waals surface area contributed by atoms with Crippen LogP contribution in [-0.2, 0) is 0 Å². The number of nitrogens with two attached hydrogens (primary N) is 1. The number of hydrogen-bond donors (Lipinski definition) is 2. The third-order valence-electron chi connectivity index (χ3n) is 2.10. The Morgan fingerprint density at radius 3 is 3.15 bits per heavy atom. The Labute approximate surface area is 78.5 Å². The molecule has 1 rings (SSSR count). The Balaban J connectivity index is 2.26. The lowest BCUT2D eigenvalue weighted by atomic mass is 10.3. The maximum atomic E-state index is 10.5. The highest BCUT2D eigenvalue weighted by atomic mass is 16.2. The van der Waals surface area contributed by atoms with Crippen molar-refractivity contribution >= 4 is 6.03 Å². The first-order valence-corrected chi connectivity index (χ1v) is 4.40. The van der Waals surface area contributed by atoms with Crippen molar-refractivity contribution in [2.45, 2.75) is 19.4 Å². The van der Waals surface area contributed by atoms with Gasteiger partial charge in [-0.15, -0.1) is 5.92 Å². The molecule has 1 atom stereocenters. The van der Waals surface area contributed by atoms with Crippen molar-refractivity contribution in [1.82, 2.24) is 10.2 Å². The second-order valence-electron chi connectivity index (χ2n) is 3.16. The van der Waals surface area contributed by atoms with Gasteiger partial charge in [-0.2, -0.15) is 0 Å². The van der Waals surface area contributed by atoms with E-state index in [1.807, 2.05) is 6.92 Å². The summed E-state index contributed by atoms with van der Waals surface area (Å²) in [4.78, 5) is 12.7. The molecule has 1 fully saturated rings. The molecule has 1 saturated heterocycles. The second-order valence-corrected chi connectivity index (χ2v) is 3.16. The summed E-state index contributed by atoms with van der Waals surface area (Å²) in [6.45, 7) is 4.46. The summed E-state index contributed by atoms with van der Waals surface area (Å²) < 4.78 is 0. The van der Waals surface area contributed by atoms with Gasteiger partial charge in [0, 0.05) is 19.1 Å². The Hall–Kier alpha value is -1.21. The molecule has 0 aromatic heterocycles. The van der Waals surface area contributed by atoms with Gasteiger partial charge in [0.1, 0.15) is 0 Å². The Morgan fingerprint density at radius 1 is 1.77 bits per heavy atom. The SMILES string of the molecule is CC#CCN1CCC(NC(N)=O)C1. The summed E-state index contributed by atoms with van der Waals surface area (Å²) in [5.74, 6) is 5.84. The van der Waals surface area contributed by atoms with Gasteiger partial charge in [-0.05, 0) is 13.3 Å². The molecule has 1 unspecified atom stereocenters. The minimum absolute atomic E-state index is 0.205. The van der Waals surface area contributed by atoms with Gasteiger partial charge in [-0.1, -0.05) is 5.92 Å². The zero-order valence-electron chi connectivity index (χ0n) is 7.84. The fourth-order valence-corrected chi connectivity index (χ4v) is 1.49. The van der Waals surface area contributed by atoms with E-state index in [1.54, 1.807) is 0 Å². The highest BCUT2D eigenvalue weighted by molar-refractivity contribution is 5.72. The minimum atomic E-state index is -0.437. The average Bonchev–Trinajstić information content (AvgIpc) is 2.48. The van der Waals surface area contributed by atoms with E-state index in [0.29, 0.717) is 0 Å². The monoisotopic (exact) mass is 181 g/mol. The number of carbonyl (C=O) groups is 1. The highest BCUT2D eigenvalue weighted by Crippen LogP contribution is 2.07. The number of amides is 2. The molecule has 4 nitrogen and oxygen atoms in total. The molecule has 0 radical (unpaired) electrons. The molecule has 1 aliphatic heterocycles. The predicted octanol–water partition coefficient (Wildman–Crippen LogP) is -0.248. The average molecular weight is 181 g/mol. The molecule has 13 heavy (non-hydrogen) atoms. The summed E-state index contributed by atoms with van der Waals surface area (Å²) in [5, 5.41) is 2.70. The zero-order chi connectivity index (χ0) is 9.68. The molecule has 0 bridgehead atoms. The maximum Gasteiger partial charge on any atom is 0.312 e. The van der Waals surface area contributed by atoms with Crippen molar-refractivity contribution in [3.05, 3.63) is 0 Å². The van der Waals surface area contributed by atoms with E-state index in [-0.39, 0.29) is 6.04 Å². The van der Waals surface area contributed by atoms with E-state index in [1.165, 1.54) is 0 Å². The van der Waals surface area contributed by atoms with Crippen LogP contribution in [0.2, 0.25) is 0 Å². The van der Waals surface area contributed by atoms with Crippen molar-refractivity contribution in [1.29, 1.82) is 0 Å². The lowest BCUT2D eigenvalue weighted by Gasteiger charge is -2.12. The molecule has 0 aromatic carbocycles. The first-order valence-electron chi connectivity index (χ1n) is 4.40. The number of nitrogens with one attached hydrogen (secondary N) is 1. The summed E-state index contributed by atoms with van der Waals surface area (Å²) in [6.07, 6.45) is 0.967. The van der Waals surface area contributed by atoms with Crippen molar-refractivity contribution in [3.8, 4) is 11.8 Å². The van der Waals surface area contributed by atoms with Gasteiger partial charge in [0.05, 0.1) is 6.54 Å². The first kappa shape index (κ1) is 9.87. The van der Waals surface area contributed by atoms with E-state index >= 15 is 0 Å². The van der Waals surface area contributed by atoms with Crippen LogP contribution in [-0.4, -0.2) is 36.6 Å². The van der Waals surface area contributed by atoms with Crippen LogP contribution in [0.3, 0.4) is 0 Å². The third-order valence-corrected chi connectivity index (χ3v) is 2.10. The standard InChI is InChI=1S/C9H15N3O/c1-2-3-5-12-6-4-8(7-12)11-9(10)13/h8H,4-7H2,1H3,(H3,10,11,13). The van der Waals surface area contributed by atoms with Gasteiger partial charge >= 0.3 is 6.03 Å². The lowest BCUT2D eigenvalue weighted by molar-refractivity contribution is 0.245. The van der Waals surface area contributed by atoms with Crippen molar-refractivity contribution in [2.75, 3.05) is 19.6 Å². The molecule has 4 heteroatoms. The lowest BCUT2D eigenvalue weighted by Crippen LogP contribution is -2.40. The van der Waals surface area contributed by atoms with Crippen LogP contribution in [0, 0.1) is 11.8 Å². The van der Waals surface area contributed by atoms with E-state index in [0.717, 1.165) is 26.1 Å². The highest BCUT2D eigenvalue weighted by Gasteiger charge is 2.21. The van der Waals surface area contributed by atoms with Crippen LogP contribution in [0.4, 0.5) is 4.79 Å². The van der Waals surface area contributed by atoms with Gasteiger partial charge in [0.25, 0.3) is 0 Å². The van der Waals surface area contributed by atoms with Crippen LogP contribution in [0.15, 0.2) is 0 Å². The summed E-state index contributed by atoms with van der Waals surface area (Å²) in [5.41, 5.74) is 5.02. The van der Waals surface area contributed by atoms with Gasteiger partial charge in [-0.25, -0.2) is 4.79 Å². The van der Waals surface area contributed by atoms with E-state index in [9.17, 15) is 4.79 Å². The molecule has 0 spiro atoms. The molecule has 2 amide bonds. The summed E-state index contributed by atoms with van der Waals surface area (Å²) in [6, 6.07) is -0.232. The summed E-state index contributed by atoms with van der Waals surface area (Å²) >= 11 is 0. The van der Waals surface area contributed by atoms with Gasteiger partial charge in [0.15, 0.2) is 0 Å². The van der Waals surface area contributed by atoms with Crippen LogP contribution in [0.25, 0.3) is 0 Å². The number of rotatable bonds is 2. The maximum absolute atomic E-state index is 10.5.